The standard InChI is InChI=1S/C30H36FN9O5/c1-16(38(2)3)27(42)32-11-21-34-20-10-18-8-17(9-19(18)24(31)25(20)35-21)13-39-6-4-30(5-7-39)15-40(29(43)45-30)22-12-33-28-26(36-22)37-23(41)14-44-28/h10,12,16-17H,4-9,11,13-15H2,1-3H3,(H,32,42)(H,34,35)(H,36,37,41)/t16-,17?/m1/s1. The molecule has 4 aliphatic rings. The average molecular weight is 622 g/mol. The first-order valence-corrected chi connectivity index (χ1v) is 15.2. The maximum Gasteiger partial charge on any atom is 0.416 e. The largest absolute Gasteiger partial charge is 0.465 e. The van der Waals surface area contributed by atoms with Gasteiger partial charge in [-0.1, -0.05) is 0 Å². The number of imidazole rings is 1. The third kappa shape index (κ3) is 5.54. The second kappa shape index (κ2) is 11.2. The van der Waals surface area contributed by atoms with Crippen molar-refractivity contribution in [2.24, 2.45) is 5.92 Å². The highest BCUT2D eigenvalue weighted by Crippen LogP contribution is 2.38. The van der Waals surface area contributed by atoms with Crippen LogP contribution in [0.15, 0.2) is 12.3 Å². The molecule has 45 heavy (non-hydrogen) atoms. The van der Waals surface area contributed by atoms with E-state index >= 15 is 4.39 Å². The van der Waals surface area contributed by atoms with Crippen LogP contribution < -0.4 is 20.3 Å². The van der Waals surface area contributed by atoms with E-state index in [-0.39, 0.29) is 54.4 Å². The molecule has 2 fully saturated rings. The molecule has 1 unspecified atom stereocenters. The molecule has 3 N–H and O–H groups in total. The Bertz CT molecular complexity index is 1690. The number of aromatic nitrogens is 4. The minimum absolute atomic E-state index is 0.117. The van der Waals surface area contributed by atoms with Crippen LogP contribution in [0.4, 0.5) is 20.8 Å². The summed E-state index contributed by atoms with van der Waals surface area (Å²) in [6.07, 6.45) is 3.71. The summed E-state index contributed by atoms with van der Waals surface area (Å²) in [5.74, 6) is 0.775. The summed E-state index contributed by atoms with van der Waals surface area (Å²) in [5.41, 5.74) is 2.04. The lowest BCUT2D eigenvalue weighted by Crippen LogP contribution is -2.48. The molecule has 1 aromatic carbocycles. The third-order valence-corrected chi connectivity index (χ3v) is 9.40. The van der Waals surface area contributed by atoms with Crippen molar-refractivity contribution in [2.75, 3.05) is 57.1 Å². The van der Waals surface area contributed by atoms with E-state index < -0.39 is 11.7 Å². The van der Waals surface area contributed by atoms with Gasteiger partial charge in [0.1, 0.15) is 16.9 Å². The number of aromatic amines is 1. The fraction of sp³-hybridized carbons (Fsp3) is 0.533. The lowest BCUT2D eigenvalue weighted by molar-refractivity contribution is -0.125. The summed E-state index contributed by atoms with van der Waals surface area (Å²) in [7, 11) is 3.68. The van der Waals surface area contributed by atoms with E-state index in [1.54, 1.807) is 0 Å². The molecule has 3 aromatic rings. The van der Waals surface area contributed by atoms with Crippen LogP contribution in [0.25, 0.3) is 11.0 Å². The smallest absolute Gasteiger partial charge is 0.416 e. The molecular weight excluding hydrogens is 585 g/mol. The molecule has 238 valence electrons. The number of halogens is 1. The van der Waals surface area contributed by atoms with Gasteiger partial charge in [0.05, 0.1) is 30.8 Å². The molecule has 3 amide bonds. The number of nitrogens with one attached hydrogen (secondary N) is 3. The molecule has 0 bridgehead atoms. The lowest BCUT2D eigenvalue weighted by atomic mass is 9.90. The van der Waals surface area contributed by atoms with Crippen LogP contribution in [0.1, 0.15) is 36.7 Å². The Kier molecular flexibility index (Phi) is 7.31. The Balaban J connectivity index is 0.944. The highest BCUT2D eigenvalue weighted by atomic mass is 19.1. The fourth-order valence-electron chi connectivity index (χ4n) is 6.65. The number of fused-ring (bicyclic) bond motifs is 3. The summed E-state index contributed by atoms with van der Waals surface area (Å²) in [4.78, 5) is 58.7. The number of likely N-dealkylation sites (tertiary alicyclic amines) is 1. The van der Waals surface area contributed by atoms with Crippen LogP contribution in [0, 0.1) is 11.7 Å². The summed E-state index contributed by atoms with van der Waals surface area (Å²) in [6.45, 7) is 4.57. The van der Waals surface area contributed by atoms with E-state index in [9.17, 15) is 14.4 Å². The maximum absolute atomic E-state index is 15.6. The van der Waals surface area contributed by atoms with Gasteiger partial charge in [0.2, 0.25) is 5.91 Å². The Morgan fingerprint density at radius 3 is 2.82 bits per heavy atom. The van der Waals surface area contributed by atoms with Gasteiger partial charge in [-0.25, -0.2) is 24.1 Å². The van der Waals surface area contributed by atoms with Crippen LogP contribution >= 0.6 is 0 Å². The number of piperidine rings is 1. The number of likely N-dealkylation sites (N-methyl/N-ethyl adjacent to an activating group) is 1. The quantitative estimate of drug-likeness (QED) is 0.354. The Morgan fingerprint density at radius 1 is 1.24 bits per heavy atom. The Hall–Kier alpha value is -4.37. The molecular formula is C30H36FN9O5. The van der Waals surface area contributed by atoms with Crippen LogP contribution in [0.2, 0.25) is 0 Å². The SMILES string of the molecule is C[C@H](C(=O)NCc1nc2c(F)c3c(cc2[nH]1)CC(CN1CCC2(CC1)CN(c1cnc4c(n1)NC(=O)CO4)C(=O)O2)C3)N(C)C. The van der Waals surface area contributed by atoms with Crippen LogP contribution in [-0.4, -0.2) is 106 Å². The highest BCUT2D eigenvalue weighted by molar-refractivity contribution is 5.95. The number of rotatable bonds is 7. The first-order chi connectivity index (χ1) is 21.6. The normalized spacial score (nSPS) is 21.4. The second-order valence-corrected chi connectivity index (χ2v) is 12.7. The predicted molar refractivity (Wildman–Crippen MR) is 160 cm³/mol. The highest BCUT2D eigenvalue weighted by Gasteiger charge is 2.48. The van der Waals surface area contributed by atoms with Crippen molar-refractivity contribution < 1.29 is 28.2 Å². The summed E-state index contributed by atoms with van der Waals surface area (Å²) in [5, 5.41) is 5.48. The minimum atomic E-state index is -0.623. The maximum atomic E-state index is 15.6. The van der Waals surface area contributed by atoms with Gasteiger partial charge in [-0.15, -0.1) is 0 Å². The van der Waals surface area contributed by atoms with Gasteiger partial charge in [-0.05, 0) is 57.0 Å². The van der Waals surface area contributed by atoms with Crippen LogP contribution in [-0.2, 0) is 33.7 Å². The number of benzene rings is 1. The van der Waals surface area contributed by atoms with Gasteiger partial charge in [-0.2, -0.15) is 0 Å². The van der Waals surface area contributed by atoms with E-state index in [1.807, 2.05) is 32.0 Å². The number of carbonyl (C=O) groups is 3. The van der Waals surface area contributed by atoms with E-state index in [4.69, 9.17) is 9.47 Å². The van der Waals surface area contributed by atoms with Crippen molar-refractivity contribution in [3.63, 3.8) is 0 Å². The molecule has 2 saturated heterocycles. The van der Waals surface area contributed by atoms with Gasteiger partial charge in [-0.3, -0.25) is 19.4 Å². The van der Waals surface area contributed by atoms with E-state index in [0.717, 1.165) is 37.2 Å². The first kappa shape index (κ1) is 29.3. The van der Waals surface area contributed by atoms with Crippen molar-refractivity contribution in [1.82, 2.24) is 35.1 Å². The molecule has 0 saturated carbocycles. The molecule has 0 radical (unpaired) electrons. The zero-order valence-corrected chi connectivity index (χ0v) is 25.5. The molecule has 2 atom stereocenters. The van der Waals surface area contributed by atoms with Crippen molar-refractivity contribution in [3.8, 4) is 5.88 Å². The van der Waals surface area contributed by atoms with Gasteiger partial charge in [0.25, 0.3) is 11.8 Å². The predicted octanol–water partition coefficient (Wildman–Crippen LogP) is 1.60. The molecule has 2 aromatic heterocycles. The number of anilines is 2. The molecule has 5 heterocycles. The Labute approximate surface area is 258 Å². The number of carbonyl (C=O) groups excluding carboxylic acids is 3. The monoisotopic (exact) mass is 621 g/mol. The molecule has 1 spiro atoms. The average Bonchev–Trinajstić information content (AvgIpc) is 3.71. The fourth-order valence-corrected chi connectivity index (χ4v) is 6.65. The number of H-pyrrole nitrogens is 1. The van der Waals surface area contributed by atoms with Gasteiger partial charge >= 0.3 is 6.09 Å². The number of amides is 3. The number of ether oxygens (including phenoxy) is 2. The third-order valence-electron chi connectivity index (χ3n) is 9.40. The Morgan fingerprint density at radius 2 is 2.04 bits per heavy atom. The number of hydrogen-bond donors (Lipinski definition) is 3. The number of nitrogens with zero attached hydrogens (tertiary/aromatic N) is 6. The molecule has 3 aliphatic heterocycles. The van der Waals surface area contributed by atoms with Gasteiger partial charge in [0.15, 0.2) is 24.1 Å². The summed E-state index contributed by atoms with van der Waals surface area (Å²) < 4.78 is 26.8. The van der Waals surface area contributed by atoms with Crippen molar-refractivity contribution in [3.05, 3.63) is 35.0 Å². The van der Waals surface area contributed by atoms with Gasteiger partial charge < -0.3 is 30.0 Å². The molecule has 7 rings (SSSR count). The minimum Gasteiger partial charge on any atom is -0.465 e. The molecule has 1 aliphatic carbocycles. The van der Waals surface area contributed by atoms with E-state index in [0.29, 0.717) is 48.5 Å². The number of hydrogen-bond acceptors (Lipinski definition) is 10. The van der Waals surface area contributed by atoms with E-state index in [2.05, 4.69) is 35.5 Å². The topological polar surface area (TPSA) is 158 Å². The summed E-state index contributed by atoms with van der Waals surface area (Å²) in [6, 6.07) is 1.71. The van der Waals surface area contributed by atoms with Crippen molar-refractivity contribution >= 4 is 40.6 Å². The lowest BCUT2D eigenvalue weighted by Gasteiger charge is -2.38. The van der Waals surface area contributed by atoms with Crippen LogP contribution in [0.3, 0.4) is 0 Å². The van der Waals surface area contributed by atoms with Crippen molar-refractivity contribution in [2.45, 2.75) is 50.8 Å². The van der Waals surface area contributed by atoms with Gasteiger partial charge in [0, 0.05) is 32.5 Å². The second-order valence-electron chi connectivity index (χ2n) is 12.7. The molecule has 15 heteroatoms. The van der Waals surface area contributed by atoms with Crippen LogP contribution in [0.5, 0.6) is 5.88 Å². The summed E-state index contributed by atoms with van der Waals surface area (Å²) >= 11 is 0. The zero-order valence-electron chi connectivity index (χ0n) is 25.5. The van der Waals surface area contributed by atoms with Crippen molar-refractivity contribution in [1.29, 1.82) is 0 Å². The van der Waals surface area contributed by atoms with E-state index in [1.165, 1.54) is 11.1 Å². The molecule has 14 nitrogen and oxygen atoms in total. The first-order valence-electron chi connectivity index (χ1n) is 15.2. The zero-order chi connectivity index (χ0) is 31.5.